The molecule has 1 amide bonds. The first-order valence-electron chi connectivity index (χ1n) is 8.25. The highest BCUT2D eigenvalue weighted by Crippen LogP contribution is 2.31. The Morgan fingerprint density at radius 3 is 2.39 bits per heavy atom. The van der Waals surface area contributed by atoms with Crippen molar-refractivity contribution < 1.29 is 9.21 Å². The molecule has 1 fully saturated rings. The average Bonchev–Trinajstić information content (AvgIpc) is 3.05. The third-order valence-electron chi connectivity index (χ3n) is 4.41. The summed E-state index contributed by atoms with van der Waals surface area (Å²) in [6.45, 7) is 7.88. The lowest BCUT2D eigenvalue weighted by molar-refractivity contribution is 0.0705. The van der Waals surface area contributed by atoms with Gasteiger partial charge in [0, 0.05) is 30.0 Å². The molecule has 0 atom stereocenters. The fourth-order valence-corrected chi connectivity index (χ4v) is 2.92. The molecule has 1 aromatic carbocycles. The van der Waals surface area contributed by atoms with Crippen molar-refractivity contribution in [1.29, 1.82) is 0 Å². The second-order valence-electron chi connectivity index (χ2n) is 7.25. The maximum Gasteiger partial charge on any atom is 0.253 e. The molecule has 4 nitrogen and oxygen atoms in total. The number of carbonyl (C=O) groups is 1. The zero-order valence-corrected chi connectivity index (χ0v) is 14.1. The molecule has 0 saturated carbocycles. The number of likely N-dealkylation sites (tertiary alicyclic amines) is 1. The smallest absolute Gasteiger partial charge is 0.253 e. The normalized spacial score (nSPS) is 16.6. The number of hydrogen-bond acceptors (Lipinski definition) is 3. The summed E-state index contributed by atoms with van der Waals surface area (Å²) < 4.78 is 5.95. The zero-order valence-electron chi connectivity index (χ0n) is 14.1. The number of hydrogen-bond donors (Lipinski definition) is 0. The van der Waals surface area contributed by atoms with Gasteiger partial charge in [0.1, 0.15) is 5.76 Å². The van der Waals surface area contributed by atoms with Crippen LogP contribution in [0.2, 0.25) is 0 Å². The van der Waals surface area contributed by atoms with Crippen LogP contribution < -0.4 is 0 Å². The molecule has 3 rings (SSSR count). The molecule has 2 aromatic rings. The first-order valence-corrected chi connectivity index (χ1v) is 8.25. The lowest BCUT2D eigenvalue weighted by atomic mass is 9.94. The van der Waals surface area contributed by atoms with Gasteiger partial charge in [-0.25, -0.2) is 4.98 Å². The molecule has 1 aromatic heterocycles. The Balaban J connectivity index is 1.62. The van der Waals surface area contributed by atoms with Gasteiger partial charge in [0.2, 0.25) is 0 Å². The van der Waals surface area contributed by atoms with Gasteiger partial charge in [0.25, 0.3) is 5.91 Å². The highest BCUT2D eigenvalue weighted by molar-refractivity contribution is 5.94. The van der Waals surface area contributed by atoms with Crippen LogP contribution in [-0.2, 0) is 5.41 Å². The second kappa shape index (κ2) is 6.19. The van der Waals surface area contributed by atoms with Gasteiger partial charge in [-0.15, -0.1) is 0 Å². The Labute approximate surface area is 137 Å². The number of nitrogens with zero attached hydrogens (tertiary/aromatic N) is 2. The maximum atomic E-state index is 12.5. The third-order valence-corrected chi connectivity index (χ3v) is 4.41. The topological polar surface area (TPSA) is 46.3 Å². The number of oxazole rings is 1. The number of aromatic nitrogens is 1. The van der Waals surface area contributed by atoms with Crippen LogP contribution in [-0.4, -0.2) is 28.9 Å². The Kier molecular flexibility index (Phi) is 4.24. The summed E-state index contributed by atoms with van der Waals surface area (Å²) in [7, 11) is 0. The van der Waals surface area contributed by atoms with E-state index in [0.29, 0.717) is 5.92 Å². The van der Waals surface area contributed by atoms with Crippen LogP contribution in [0.5, 0.6) is 0 Å². The summed E-state index contributed by atoms with van der Waals surface area (Å²) in [6.07, 6.45) is 3.65. The van der Waals surface area contributed by atoms with Crippen molar-refractivity contribution in [2.24, 2.45) is 0 Å². The van der Waals surface area contributed by atoms with E-state index in [2.05, 4.69) is 25.8 Å². The fraction of sp³-hybridized carbons (Fsp3) is 0.474. The predicted molar refractivity (Wildman–Crippen MR) is 89.5 cm³/mol. The lowest BCUT2D eigenvalue weighted by Gasteiger charge is -2.30. The molecule has 2 heterocycles. The average molecular weight is 312 g/mol. The van der Waals surface area contributed by atoms with Gasteiger partial charge >= 0.3 is 0 Å². The molecule has 4 heteroatoms. The van der Waals surface area contributed by atoms with Gasteiger partial charge in [-0.3, -0.25) is 4.79 Å². The number of piperidine rings is 1. The Hall–Kier alpha value is -2.10. The molecule has 1 aliphatic rings. The summed E-state index contributed by atoms with van der Waals surface area (Å²) in [6, 6.07) is 9.48. The van der Waals surface area contributed by atoms with Crippen LogP contribution in [0.1, 0.15) is 61.5 Å². The van der Waals surface area contributed by atoms with E-state index in [0.717, 1.165) is 43.1 Å². The van der Waals surface area contributed by atoms with Crippen molar-refractivity contribution in [3.8, 4) is 0 Å². The summed E-state index contributed by atoms with van der Waals surface area (Å²) >= 11 is 0. The van der Waals surface area contributed by atoms with Crippen molar-refractivity contribution in [2.45, 2.75) is 44.9 Å². The van der Waals surface area contributed by atoms with Crippen LogP contribution in [0.15, 0.2) is 40.9 Å². The van der Waals surface area contributed by atoms with Crippen LogP contribution in [0, 0.1) is 0 Å². The van der Waals surface area contributed by atoms with E-state index >= 15 is 0 Å². The largest absolute Gasteiger partial charge is 0.445 e. The molecular formula is C19H24N2O2. The van der Waals surface area contributed by atoms with Crippen molar-refractivity contribution in [1.82, 2.24) is 9.88 Å². The molecule has 1 saturated heterocycles. The Bertz CT molecular complexity index is 662. The van der Waals surface area contributed by atoms with Gasteiger partial charge in [-0.1, -0.05) is 39.0 Å². The third kappa shape index (κ3) is 3.46. The minimum atomic E-state index is -0.0186. The van der Waals surface area contributed by atoms with Gasteiger partial charge in [0.05, 0.1) is 6.20 Å². The van der Waals surface area contributed by atoms with Crippen molar-refractivity contribution in [3.63, 3.8) is 0 Å². The molecule has 122 valence electrons. The van der Waals surface area contributed by atoms with E-state index in [1.54, 1.807) is 0 Å². The molecule has 0 N–H and O–H groups in total. The van der Waals surface area contributed by atoms with Gasteiger partial charge in [-0.2, -0.15) is 0 Å². The Morgan fingerprint density at radius 1 is 1.17 bits per heavy atom. The fourth-order valence-electron chi connectivity index (χ4n) is 2.92. The van der Waals surface area contributed by atoms with Gasteiger partial charge in [0.15, 0.2) is 5.89 Å². The van der Waals surface area contributed by atoms with E-state index in [4.69, 9.17) is 4.42 Å². The van der Waals surface area contributed by atoms with Crippen LogP contribution in [0.25, 0.3) is 0 Å². The molecule has 0 aliphatic carbocycles. The van der Waals surface area contributed by atoms with Crippen LogP contribution in [0.4, 0.5) is 0 Å². The first-order chi connectivity index (χ1) is 10.9. The number of rotatable bonds is 2. The highest BCUT2D eigenvalue weighted by Gasteiger charge is 2.28. The van der Waals surface area contributed by atoms with Crippen molar-refractivity contribution >= 4 is 5.91 Å². The van der Waals surface area contributed by atoms with E-state index in [9.17, 15) is 4.79 Å². The van der Waals surface area contributed by atoms with Crippen LogP contribution in [0.3, 0.4) is 0 Å². The second-order valence-corrected chi connectivity index (χ2v) is 7.25. The summed E-state index contributed by atoms with van der Waals surface area (Å²) in [5, 5.41) is 0. The van der Waals surface area contributed by atoms with E-state index < -0.39 is 0 Å². The monoisotopic (exact) mass is 312 g/mol. The molecular weight excluding hydrogens is 288 g/mol. The van der Waals surface area contributed by atoms with E-state index in [1.165, 1.54) is 0 Å². The minimum Gasteiger partial charge on any atom is -0.445 e. The predicted octanol–water partition coefficient (Wildman–Crippen LogP) is 3.99. The van der Waals surface area contributed by atoms with E-state index in [-0.39, 0.29) is 11.3 Å². The van der Waals surface area contributed by atoms with Gasteiger partial charge in [-0.05, 0) is 25.0 Å². The summed E-state index contributed by atoms with van der Waals surface area (Å²) in [5.74, 6) is 2.18. The highest BCUT2D eigenvalue weighted by atomic mass is 16.4. The molecule has 0 unspecified atom stereocenters. The number of amides is 1. The summed E-state index contributed by atoms with van der Waals surface area (Å²) in [4.78, 5) is 18.9. The molecule has 23 heavy (non-hydrogen) atoms. The zero-order chi connectivity index (χ0) is 16.4. The Morgan fingerprint density at radius 2 is 1.83 bits per heavy atom. The first kappa shape index (κ1) is 15.8. The molecule has 0 spiro atoms. The van der Waals surface area contributed by atoms with E-state index in [1.807, 2.05) is 41.4 Å². The molecule has 1 aliphatic heterocycles. The molecule has 0 radical (unpaired) electrons. The standard InChI is InChI=1S/C19H24N2O2/c1-19(2,3)16-13-20-17(23-16)14-9-11-21(12-10-14)18(22)15-7-5-4-6-8-15/h4-8,13-14H,9-12H2,1-3H3. The van der Waals surface area contributed by atoms with Gasteiger partial charge < -0.3 is 9.32 Å². The van der Waals surface area contributed by atoms with Crippen molar-refractivity contribution in [2.75, 3.05) is 13.1 Å². The minimum absolute atomic E-state index is 0.0186. The number of benzene rings is 1. The SMILES string of the molecule is CC(C)(C)c1cnc(C2CCN(C(=O)c3ccccc3)CC2)o1. The van der Waals surface area contributed by atoms with Crippen LogP contribution >= 0.6 is 0 Å². The molecule has 0 bridgehead atoms. The number of carbonyl (C=O) groups excluding carboxylic acids is 1. The lowest BCUT2D eigenvalue weighted by Crippen LogP contribution is -2.37. The summed E-state index contributed by atoms with van der Waals surface area (Å²) in [5.41, 5.74) is 0.743. The van der Waals surface area contributed by atoms with Crippen molar-refractivity contribution in [3.05, 3.63) is 53.7 Å². The maximum absolute atomic E-state index is 12.5. The quantitative estimate of drug-likeness (QED) is 0.842.